The average Bonchev–Trinajstić information content (AvgIpc) is 2.66. The lowest BCUT2D eigenvalue weighted by atomic mass is 9.86. The fraction of sp³-hybridized carbons (Fsp3) is 0.421. The van der Waals surface area contributed by atoms with E-state index in [4.69, 9.17) is 15.2 Å². The predicted molar refractivity (Wildman–Crippen MR) is 99.3 cm³/mol. The Kier molecular flexibility index (Phi) is 5.46. The first-order chi connectivity index (χ1) is 13.5. The Morgan fingerprint density at radius 2 is 2.03 bits per heavy atom. The number of aromatic nitrogens is 1. The van der Waals surface area contributed by atoms with Crippen molar-refractivity contribution < 1.29 is 27.0 Å². The molecule has 1 aromatic carbocycles. The molecule has 3 atom stereocenters. The number of ether oxygens (including phenoxy) is 2. The highest BCUT2D eigenvalue weighted by Gasteiger charge is 2.60. The zero-order valence-electron chi connectivity index (χ0n) is 16.1. The Morgan fingerprint density at radius 3 is 2.66 bits per heavy atom. The van der Waals surface area contributed by atoms with Gasteiger partial charge in [-0.25, -0.2) is 9.37 Å². The number of methoxy groups -OCH3 is 1. The van der Waals surface area contributed by atoms with Crippen LogP contribution in [0.5, 0.6) is 5.75 Å². The van der Waals surface area contributed by atoms with Crippen LogP contribution in [0.25, 0.3) is 0 Å². The largest absolute Gasteiger partial charge is 0.493 e. The second-order valence-electron chi connectivity index (χ2n) is 7.22. The van der Waals surface area contributed by atoms with Gasteiger partial charge in [0.2, 0.25) is 0 Å². The molecule has 10 heteroatoms. The average molecular weight is 414 g/mol. The van der Waals surface area contributed by atoms with Crippen LogP contribution in [-0.4, -0.2) is 36.6 Å². The fourth-order valence-corrected chi connectivity index (χ4v) is 3.13. The second kappa shape index (κ2) is 7.43. The number of rotatable bonds is 4. The van der Waals surface area contributed by atoms with Gasteiger partial charge in [0, 0.05) is 17.4 Å². The van der Waals surface area contributed by atoms with Crippen LogP contribution in [0, 0.1) is 5.82 Å². The molecule has 1 fully saturated rings. The Labute approximate surface area is 165 Å². The molecular formula is C19H22F4N4O2. The van der Waals surface area contributed by atoms with E-state index in [1.54, 1.807) is 18.3 Å². The van der Waals surface area contributed by atoms with Gasteiger partial charge in [0.1, 0.15) is 5.82 Å². The van der Waals surface area contributed by atoms with Crippen molar-refractivity contribution in [1.29, 1.82) is 0 Å². The highest BCUT2D eigenvalue weighted by molar-refractivity contribution is 5.63. The zero-order chi connectivity index (χ0) is 21.4. The minimum absolute atomic E-state index is 0.108. The van der Waals surface area contributed by atoms with Gasteiger partial charge in [-0.1, -0.05) is 0 Å². The smallest absolute Gasteiger partial charge is 0.420 e. The first-order valence-electron chi connectivity index (χ1n) is 8.80. The molecule has 3 rings (SSSR count). The van der Waals surface area contributed by atoms with Crippen molar-refractivity contribution >= 4 is 11.5 Å². The molecule has 0 amide bonds. The van der Waals surface area contributed by atoms with Gasteiger partial charge in [0.05, 0.1) is 25.4 Å². The van der Waals surface area contributed by atoms with Gasteiger partial charge < -0.3 is 20.5 Å². The minimum atomic E-state index is -4.68. The Bertz CT molecular complexity index is 895. The molecule has 1 unspecified atom stereocenters. The Balaban J connectivity index is 1.90. The Morgan fingerprint density at radius 1 is 1.31 bits per heavy atom. The normalized spacial score (nSPS) is 27.5. The summed E-state index contributed by atoms with van der Waals surface area (Å²) in [7, 11) is 1.49. The van der Waals surface area contributed by atoms with Crippen LogP contribution in [0.3, 0.4) is 0 Å². The molecule has 0 aliphatic carbocycles. The summed E-state index contributed by atoms with van der Waals surface area (Å²) in [5.74, 6) is 0.281. The number of alkyl halides is 3. The molecule has 2 aromatic rings. The van der Waals surface area contributed by atoms with E-state index in [2.05, 4.69) is 15.6 Å². The molecule has 1 saturated heterocycles. The van der Waals surface area contributed by atoms with E-state index in [1.165, 1.54) is 32.2 Å². The number of hydrogen-bond donors (Lipinski definition) is 3. The van der Waals surface area contributed by atoms with Gasteiger partial charge >= 0.3 is 6.18 Å². The second-order valence-corrected chi connectivity index (χ2v) is 7.22. The highest BCUT2D eigenvalue weighted by Crippen LogP contribution is 2.41. The van der Waals surface area contributed by atoms with Crippen molar-refractivity contribution in [2.24, 2.45) is 5.73 Å². The molecular weight excluding hydrogens is 392 g/mol. The number of nitrogens with one attached hydrogen (secondary N) is 2. The lowest BCUT2D eigenvalue weighted by molar-refractivity contribution is -0.301. The van der Waals surface area contributed by atoms with Gasteiger partial charge in [-0.2, -0.15) is 13.2 Å². The first kappa shape index (κ1) is 21.3. The lowest BCUT2D eigenvalue weighted by Crippen LogP contribution is -2.72. The van der Waals surface area contributed by atoms with Crippen LogP contribution in [0.1, 0.15) is 19.4 Å². The summed E-state index contributed by atoms with van der Waals surface area (Å²) < 4.78 is 65.0. The monoisotopic (exact) mass is 414 g/mol. The van der Waals surface area contributed by atoms with Crippen molar-refractivity contribution in [3.8, 4) is 5.75 Å². The predicted octanol–water partition coefficient (Wildman–Crippen LogP) is 3.41. The summed E-state index contributed by atoms with van der Waals surface area (Å²) in [6, 6.07) is 7.57. The van der Waals surface area contributed by atoms with Crippen molar-refractivity contribution in [2.45, 2.75) is 37.3 Å². The minimum Gasteiger partial charge on any atom is -0.493 e. The van der Waals surface area contributed by atoms with Crippen LogP contribution in [0.15, 0.2) is 36.5 Å². The summed E-state index contributed by atoms with van der Waals surface area (Å²) in [5, 5.41) is 5.70. The van der Waals surface area contributed by atoms with Crippen LogP contribution >= 0.6 is 0 Å². The van der Waals surface area contributed by atoms with E-state index in [0.29, 0.717) is 17.3 Å². The van der Waals surface area contributed by atoms with Gasteiger partial charge in [0.15, 0.2) is 17.2 Å². The van der Waals surface area contributed by atoms with Crippen molar-refractivity contribution in [1.82, 2.24) is 10.3 Å². The molecule has 6 nitrogen and oxygen atoms in total. The number of benzene rings is 1. The third-order valence-electron chi connectivity index (χ3n) is 5.11. The summed E-state index contributed by atoms with van der Waals surface area (Å²) >= 11 is 0. The summed E-state index contributed by atoms with van der Waals surface area (Å²) in [5.41, 5.74) is 2.46. The third kappa shape index (κ3) is 3.87. The van der Waals surface area contributed by atoms with E-state index in [0.717, 1.165) is 6.92 Å². The third-order valence-corrected chi connectivity index (χ3v) is 5.11. The number of halogens is 4. The molecule has 1 aliphatic rings. The maximum absolute atomic E-state index is 14.6. The molecule has 0 bridgehead atoms. The maximum Gasteiger partial charge on any atom is 0.420 e. The number of morpholine rings is 1. The highest BCUT2D eigenvalue weighted by atomic mass is 19.4. The SMILES string of the molecule is COc1cccnc1Nc1ccc(F)c([C@]2(C)CO[C@@](C)(C(F)(F)F)C(N)N2)c1. The number of nitrogens with zero attached hydrogens (tertiary/aromatic N) is 1. The fourth-order valence-electron chi connectivity index (χ4n) is 3.13. The van der Waals surface area contributed by atoms with Gasteiger partial charge in [0.25, 0.3) is 0 Å². The maximum atomic E-state index is 14.6. The van der Waals surface area contributed by atoms with Crippen molar-refractivity contribution in [2.75, 3.05) is 19.0 Å². The molecule has 1 aromatic heterocycles. The first-order valence-corrected chi connectivity index (χ1v) is 8.80. The molecule has 2 heterocycles. The van der Waals surface area contributed by atoms with Crippen LogP contribution < -0.4 is 21.1 Å². The van der Waals surface area contributed by atoms with E-state index < -0.39 is 35.9 Å². The number of pyridine rings is 1. The van der Waals surface area contributed by atoms with Gasteiger partial charge in [-0.15, -0.1) is 0 Å². The summed E-state index contributed by atoms with van der Waals surface area (Å²) in [6.07, 6.45) is -4.71. The molecule has 4 N–H and O–H groups in total. The van der Waals surface area contributed by atoms with E-state index in [1.807, 2.05) is 0 Å². The van der Waals surface area contributed by atoms with Crippen molar-refractivity contribution in [3.05, 3.63) is 47.9 Å². The lowest BCUT2D eigenvalue weighted by Gasteiger charge is -2.48. The molecule has 1 aliphatic heterocycles. The molecule has 0 radical (unpaired) electrons. The zero-order valence-corrected chi connectivity index (χ0v) is 16.1. The molecule has 29 heavy (non-hydrogen) atoms. The number of hydrogen-bond acceptors (Lipinski definition) is 6. The molecule has 0 spiro atoms. The van der Waals surface area contributed by atoms with E-state index in [9.17, 15) is 17.6 Å². The van der Waals surface area contributed by atoms with Crippen molar-refractivity contribution in [3.63, 3.8) is 0 Å². The molecule has 158 valence electrons. The van der Waals surface area contributed by atoms with Gasteiger partial charge in [-0.3, -0.25) is 5.32 Å². The Hall–Kier alpha value is -2.43. The standard InChI is InChI=1S/C19H22F4N4O2/c1-17(10-29-18(2,16(24)27-17)19(21,22)23)12-9-11(6-7-13(12)20)26-15-14(28-3)5-4-8-25-15/h4-9,16,27H,10,24H2,1-3H3,(H,25,26)/t16?,17-,18+/m0/s1. The number of nitrogens with two attached hydrogens (primary N) is 1. The summed E-state index contributed by atoms with van der Waals surface area (Å²) in [4.78, 5) is 4.17. The number of anilines is 2. The van der Waals surface area contributed by atoms with Crippen LogP contribution in [0.2, 0.25) is 0 Å². The van der Waals surface area contributed by atoms with Gasteiger partial charge in [-0.05, 0) is 44.2 Å². The van der Waals surface area contributed by atoms with Crippen LogP contribution in [-0.2, 0) is 10.3 Å². The quantitative estimate of drug-likeness (QED) is 0.666. The summed E-state index contributed by atoms with van der Waals surface area (Å²) in [6.45, 7) is 1.97. The molecule has 0 saturated carbocycles. The van der Waals surface area contributed by atoms with Crippen LogP contribution in [0.4, 0.5) is 29.1 Å². The topological polar surface area (TPSA) is 81.4 Å². The van der Waals surface area contributed by atoms with E-state index in [-0.39, 0.29) is 5.56 Å². The van der Waals surface area contributed by atoms with E-state index >= 15 is 0 Å².